The third-order valence-corrected chi connectivity index (χ3v) is 3.63. The lowest BCUT2D eigenvalue weighted by atomic mass is 9.85. The van der Waals surface area contributed by atoms with E-state index in [4.69, 9.17) is 26.2 Å². The lowest BCUT2D eigenvalue weighted by molar-refractivity contribution is -0.148. The number of carbonyl (C=O) groups is 1. The highest BCUT2D eigenvalue weighted by Crippen LogP contribution is 2.40. The monoisotopic (exact) mass is 300 g/mol. The number of hydrogen-bond acceptors (Lipinski definition) is 4. The van der Waals surface area contributed by atoms with Gasteiger partial charge >= 0.3 is 5.97 Å². The molecule has 1 aromatic rings. The molecular formula is C14H17ClO5. The Kier molecular flexibility index (Phi) is 4.11. The number of rotatable bonds is 4. The second-order valence-electron chi connectivity index (χ2n) is 5.43. The van der Waals surface area contributed by atoms with E-state index in [0.717, 1.165) is 0 Å². The third kappa shape index (κ3) is 2.99. The highest BCUT2D eigenvalue weighted by Gasteiger charge is 2.32. The predicted octanol–water partition coefficient (Wildman–Crippen LogP) is 2.65. The normalized spacial score (nSPS) is 15.8. The molecule has 0 radical (unpaired) electrons. The summed E-state index contributed by atoms with van der Waals surface area (Å²) < 4.78 is 10.8. The topological polar surface area (TPSA) is 76.0 Å². The van der Waals surface area contributed by atoms with Crippen LogP contribution in [-0.2, 0) is 4.79 Å². The first kappa shape index (κ1) is 14.9. The van der Waals surface area contributed by atoms with Crippen LogP contribution in [-0.4, -0.2) is 29.4 Å². The van der Waals surface area contributed by atoms with E-state index in [0.29, 0.717) is 35.3 Å². The Morgan fingerprint density at radius 3 is 2.45 bits per heavy atom. The van der Waals surface area contributed by atoms with Gasteiger partial charge in [0.15, 0.2) is 11.5 Å². The average Bonchev–Trinajstić information content (AvgIpc) is 2.37. The molecule has 0 saturated carbocycles. The predicted molar refractivity (Wildman–Crippen MR) is 73.4 cm³/mol. The molecule has 6 heteroatoms. The largest absolute Gasteiger partial charge is 0.486 e. The standard InChI is InChI=1S/C14H17ClO5/c1-14(2,13(17)18)7-10(16)8-5-11-12(6-9(8)15)20-4-3-19-11/h5-6,10,16H,3-4,7H2,1-2H3,(H,17,18). The summed E-state index contributed by atoms with van der Waals surface area (Å²) in [7, 11) is 0. The number of halogens is 1. The smallest absolute Gasteiger partial charge is 0.309 e. The zero-order valence-electron chi connectivity index (χ0n) is 11.4. The second kappa shape index (κ2) is 5.50. The van der Waals surface area contributed by atoms with E-state index in [1.54, 1.807) is 26.0 Å². The fraction of sp³-hybridized carbons (Fsp3) is 0.500. The molecule has 1 aliphatic heterocycles. The molecule has 1 aliphatic rings. The van der Waals surface area contributed by atoms with Gasteiger partial charge in [0.25, 0.3) is 0 Å². The Morgan fingerprint density at radius 1 is 1.35 bits per heavy atom. The first-order chi connectivity index (χ1) is 9.31. The van der Waals surface area contributed by atoms with Crippen LogP contribution in [0.15, 0.2) is 12.1 Å². The summed E-state index contributed by atoms with van der Waals surface area (Å²) in [6.07, 6.45) is -0.925. The van der Waals surface area contributed by atoms with Crippen LogP contribution in [0.2, 0.25) is 5.02 Å². The van der Waals surface area contributed by atoms with Gasteiger partial charge in [-0.1, -0.05) is 11.6 Å². The van der Waals surface area contributed by atoms with E-state index in [1.165, 1.54) is 0 Å². The molecular weight excluding hydrogens is 284 g/mol. The maximum atomic E-state index is 11.1. The van der Waals surface area contributed by atoms with Crippen molar-refractivity contribution in [2.24, 2.45) is 5.41 Å². The van der Waals surface area contributed by atoms with Crippen molar-refractivity contribution in [1.29, 1.82) is 0 Å². The molecule has 110 valence electrons. The van der Waals surface area contributed by atoms with E-state index < -0.39 is 17.5 Å². The molecule has 0 bridgehead atoms. The molecule has 0 fully saturated rings. The molecule has 0 aromatic heterocycles. The Bertz CT molecular complexity index is 527. The van der Waals surface area contributed by atoms with Gasteiger partial charge in [0, 0.05) is 11.6 Å². The Hall–Kier alpha value is -1.46. The fourth-order valence-electron chi connectivity index (χ4n) is 2.02. The highest BCUT2D eigenvalue weighted by atomic mass is 35.5. The fourth-order valence-corrected chi connectivity index (χ4v) is 2.30. The highest BCUT2D eigenvalue weighted by molar-refractivity contribution is 6.31. The maximum Gasteiger partial charge on any atom is 0.309 e. The van der Waals surface area contributed by atoms with Gasteiger partial charge in [0.1, 0.15) is 13.2 Å². The first-order valence-electron chi connectivity index (χ1n) is 6.32. The Balaban J connectivity index is 2.26. The summed E-state index contributed by atoms with van der Waals surface area (Å²) in [4.78, 5) is 11.1. The lowest BCUT2D eigenvalue weighted by Gasteiger charge is -2.25. The number of aliphatic hydroxyl groups is 1. The van der Waals surface area contributed by atoms with Crippen LogP contribution in [0, 0.1) is 5.41 Å². The van der Waals surface area contributed by atoms with Gasteiger partial charge in [-0.25, -0.2) is 0 Å². The van der Waals surface area contributed by atoms with Gasteiger partial charge in [-0.05, 0) is 26.3 Å². The molecule has 20 heavy (non-hydrogen) atoms. The maximum absolute atomic E-state index is 11.1. The summed E-state index contributed by atoms with van der Waals surface area (Å²) >= 11 is 6.12. The molecule has 0 amide bonds. The van der Waals surface area contributed by atoms with Gasteiger partial charge in [-0.3, -0.25) is 4.79 Å². The van der Waals surface area contributed by atoms with Crippen molar-refractivity contribution >= 4 is 17.6 Å². The molecule has 2 N–H and O–H groups in total. The lowest BCUT2D eigenvalue weighted by Crippen LogP contribution is -2.26. The van der Waals surface area contributed by atoms with Crippen LogP contribution in [0.1, 0.15) is 31.9 Å². The zero-order chi connectivity index (χ0) is 14.9. The van der Waals surface area contributed by atoms with E-state index in [9.17, 15) is 9.90 Å². The summed E-state index contributed by atoms with van der Waals surface area (Å²) in [6.45, 7) is 4.01. The number of aliphatic hydroxyl groups excluding tert-OH is 1. The number of carboxylic acids is 1. The third-order valence-electron chi connectivity index (χ3n) is 3.30. The van der Waals surface area contributed by atoms with Crippen molar-refractivity contribution in [1.82, 2.24) is 0 Å². The van der Waals surface area contributed by atoms with Crippen molar-refractivity contribution in [2.75, 3.05) is 13.2 Å². The summed E-state index contributed by atoms with van der Waals surface area (Å²) in [5.41, 5.74) is -0.596. The van der Waals surface area contributed by atoms with Crippen LogP contribution in [0.25, 0.3) is 0 Å². The van der Waals surface area contributed by atoms with Gasteiger partial charge in [0.2, 0.25) is 0 Å². The van der Waals surface area contributed by atoms with Gasteiger partial charge < -0.3 is 19.7 Å². The molecule has 0 spiro atoms. The number of benzene rings is 1. The number of fused-ring (bicyclic) bond motifs is 1. The van der Waals surface area contributed by atoms with Gasteiger partial charge in [0.05, 0.1) is 16.5 Å². The number of aliphatic carboxylic acids is 1. The van der Waals surface area contributed by atoms with Crippen molar-refractivity contribution in [3.05, 3.63) is 22.7 Å². The van der Waals surface area contributed by atoms with Crippen LogP contribution in [0.3, 0.4) is 0 Å². The van der Waals surface area contributed by atoms with Crippen molar-refractivity contribution in [3.8, 4) is 11.5 Å². The van der Waals surface area contributed by atoms with E-state index in [2.05, 4.69) is 0 Å². The average molecular weight is 301 g/mol. The SMILES string of the molecule is CC(C)(CC(O)c1cc2c(cc1Cl)OCCO2)C(=O)O. The molecule has 5 nitrogen and oxygen atoms in total. The molecule has 1 aromatic carbocycles. The number of carboxylic acid groups (broad SMARTS) is 1. The molecule has 0 saturated heterocycles. The van der Waals surface area contributed by atoms with Crippen molar-refractivity contribution < 1.29 is 24.5 Å². The summed E-state index contributed by atoms with van der Waals surface area (Å²) in [5.74, 6) is 0.0859. The Morgan fingerprint density at radius 2 is 1.90 bits per heavy atom. The van der Waals surface area contributed by atoms with Crippen LogP contribution < -0.4 is 9.47 Å². The molecule has 0 aliphatic carbocycles. The van der Waals surface area contributed by atoms with Gasteiger partial charge in [-0.2, -0.15) is 0 Å². The van der Waals surface area contributed by atoms with E-state index in [1.807, 2.05) is 0 Å². The van der Waals surface area contributed by atoms with E-state index in [-0.39, 0.29) is 6.42 Å². The second-order valence-corrected chi connectivity index (χ2v) is 5.83. The van der Waals surface area contributed by atoms with Crippen molar-refractivity contribution in [2.45, 2.75) is 26.4 Å². The molecule has 2 rings (SSSR count). The Labute approximate surface area is 122 Å². The van der Waals surface area contributed by atoms with Crippen LogP contribution in [0.4, 0.5) is 0 Å². The van der Waals surface area contributed by atoms with E-state index >= 15 is 0 Å². The number of hydrogen-bond donors (Lipinski definition) is 2. The number of ether oxygens (including phenoxy) is 2. The quantitative estimate of drug-likeness (QED) is 0.894. The van der Waals surface area contributed by atoms with Gasteiger partial charge in [-0.15, -0.1) is 0 Å². The minimum Gasteiger partial charge on any atom is -0.486 e. The van der Waals surface area contributed by atoms with Crippen LogP contribution in [0.5, 0.6) is 11.5 Å². The summed E-state index contributed by atoms with van der Waals surface area (Å²) in [5, 5.41) is 19.7. The zero-order valence-corrected chi connectivity index (χ0v) is 12.1. The first-order valence-corrected chi connectivity index (χ1v) is 6.69. The van der Waals surface area contributed by atoms with Crippen LogP contribution >= 0.6 is 11.6 Å². The molecule has 1 unspecified atom stereocenters. The molecule has 1 heterocycles. The minimum absolute atomic E-state index is 0.0572. The molecule has 1 atom stereocenters. The van der Waals surface area contributed by atoms with Crippen molar-refractivity contribution in [3.63, 3.8) is 0 Å². The summed E-state index contributed by atoms with van der Waals surface area (Å²) in [6, 6.07) is 3.20. The minimum atomic E-state index is -1.05.